The molecular weight excluding hydrogens is 316 g/mol. The summed E-state index contributed by atoms with van der Waals surface area (Å²) in [4.78, 5) is 32.5. The molecule has 0 spiro atoms. The number of aliphatic hydroxyl groups is 1. The highest BCUT2D eigenvalue weighted by atomic mass is 16.3. The van der Waals surface area contributed by atoms with Gasteiger partial charge in [0.15, 0.2) is 18.2 Å². The van der Waals surface area contributed by atoms with Crippen LogP contribution in [0, 0.1) is 5.92 Å². The van der Waals surface area contributed by atoms with Crippen LogP contribution in [0.2, 0.25) is 0 Å². The van der Waals surface area contributed by atoms with Crippen molar-refractivity contribution in [1.29, 1.82) is 0 Å². The Hall–Kier alpha value is -1.03. The first-order valence-corrected chi connectivity index (χ1v) is 10.2. The van der Waals surface area contributed by atoms with E-state index in [1.165, 1.54) is 70.6 Å². The Morgan fingerprint density at radius 1 is 0.680 bits per heavy atom. The summed E-state index contributed by atoms with van der Waals surface area (Å²) in [5.41, 5.74) is -2.14. The minimum atomic E-state index is -2.14. The van der Waals surface area contributed by atoms with E-state index in [4.69, 9.17) is 0 Å². The van der Waals surface area contributed by atoms with Crippen molar-refractivity contribution in [2.24, 2.45) is 5.92 Å². The minimum Gasteiger partial charge on any atom is -0.374 e. The first kappa shape index (κ1) is 24.0. The van der Waals surface area contributed by atoms with E-state index in [1.54, 1.807) is 0 Å². The summed E-state index contributed by atoms with van der Waals surface area (Å²) >= 11 is 0. The second kappa shape index (κ2) is 16.4. The summed E-state index contributed by atoms with van der Waals surface area (Å²) in [5, 5.41) is 9.73. The van der Waals surface area contributed by atoms with Crippen LogP contribution in [-0.2, 0) is 14.4 Å². The lowest BCUT2D eigenvalue weighted by Crippen LogP contribution is -2.42. The molecule has 0 amide bonds. The van der Waals surface area contributed by atoms with Crippen molar-refractivity contribution < 1.29 is 19.5 Å². The van der Waals surface area contributed by atoms with E-state index in [0.717, 1.165) is 19.3 Å². The normalized spacial score (nSPS) is 12.7. The van der Waals surface area contributed by atoms with Crippen molar-refractivity contribution in [2.75, 3.05) is 0 Å². The molecule has 0 rings (SSSR count). The molecule has 0 saturated carbocycles. The maximum atomic E-state index is 11.0. The first-order chi connectivity index (χ1) is 12.1. The standard InChI is InChI=1S/C21H38O4/c1-2-3-4-5-6-7-8-9-10-11-12-13-14-15-16-20(17-22)21(25,18-23)19-24/h17-20,25H,2-16H2,1H3. The van der Waals surface area contributed by atoms with E-state index >= 15 is 0 Å². The minimum absolute atomic E-state index is 0.170. The fourth-order valence-corrected chi connectivity index (χ4v) is 3.17. The molecule has 0 aromatic heterocycles. The van der Waals surface area contributed by atoms with Gasteiger partial charge in [0.05, 0.1) is 5.92 Å². The lowest BCUT2D eigenvalue weighted by atomic mass is 9.86. The van der Waals surface area contributed by atoms with E-state index in [2.05, 4.69) is 6.92 Å². The zero-order chi connectivity index (χ0) is 18.8. The van der Waals surface area contributed by atoms with E-state index in [-0.39, 0.29) is 12.6 Å². The van der Waals surface area contributed by atoms with Crippen molar-refractivity contribution in [3.05, 3.63) is 0 Å². The van der Waals surface area contributed by atoms with Crippen LogP contribution in [0.15, 0.2) is 0 Å². The van der Waals surface area contributed by atoms with Gasteiger partial charge >= 0.3 is 0 Å². The Morgan fingerprint density at radius 2 is 1.04 bits per heavy atom. The highest BCUT2D eigenvalue weighted by Gasteiger charge is 2.35. The van der Waals surface area contributed by atoms with Gasteiger partial charge in [-0.25, -0.2) is 0 Å². The number of carbonyl (C=O) groups excluding carboxylic acids is 3. The Balaban J connectivity index is 3.45. The zero-order valence-electron chi connectivity index (χ0n) is 16.1. The van der Waals surface area contributed by atoms with E-state index in [9.17, 15) is 19.5 Å². The average Bonchev–Trinajstić information content (AvgIpc) is 2.64. The van der Waals surface area contributed by atoms with Gasteiger partial charge in [-0.2, -0.15) is 0 Å². The molecule has 0 saturated heterocycles. The monoisotopic (exact) mass is 354 g/mol. The van der Waals surface area contributed by atoms with Gasteiger partial charge in [-0.3, -0.25) is 9.59 Å². The van der Waals surface area contributed by atoms with Gasteiger partial charge < -0.3 is 9.90 Å². The van der Waals surface area contributed by atoms with Crippen LogP contribution >= 0.6 is 0 Å². The van der Waals surface area contributed by atoms with Crippen LogP contribution < -0.4 is 0 Å². The van der Waals surface area contributed by atoms with Crippen molar-refractivity contribution in [3.63, 3.8) is 0 Å². The molecular formula is C21H38O4. The molecule has 0 aliphatic carbocycles. The highest BCUT2D eigenvalue weighted by Crippen LogP contribution is 2.19. The van der Waals surface area contributed by atoms with Gasteiger partial charge in [0.2, 0.25) is 0 Å². The van der Waals surface area contributed by atoms with Gasteiger partial charge in [-0.05, 0) is 6.42 Å². The summed E-state index contributed by atoms with van der Waals surface area (Å²) in [7, 11) is 0. The largest absolute Gasteiger partial charge is 0.374 e. The Morgan fingerprint density at radius 3 is 1.36 bits per heavy atom. The Kier molecular flexibility index (Phi) is 15.8. The SMILES string of the molecule is CCCCCCCCCCCCCCCCC(C=O)C(O)(C=O)C=O. The van der Waals surface area contributed by atoms with E-state index < -0.39 is 11.5 Å². The van der Waals surface area contributed by atoms with Crippen LogP contribution in [0.1, 0.15) is 103 Å². The molecule has 0 aliphatic rings. The molecule has 25 heavy (non-hydrogen) atoms. The molecule has 1 N–H and O–H groups in total. The smallest absolute Gasteiger partial charge is 0.184 e. The molecule has 0 aliphatic heterocycles. The predicted octanol–water partition coefficient (Wildman–Crippen LogP) is 4.80. The topological polar surface area (TPSA) is 71.4 Å². The third-order valence-corrected chi connectivity index (χ3v) is 5.00. The molecule has 0 heterocycles. The second-order valence-electron chi connectivity index (χ2n) is 7.25. The van der Waals surface area contributed by atoms with Crippen molar-refractivity contribution in [2.45, 2.75) is 109 Å². The third kappa shape index (κ3) is 12.0. The molecule has 0 aromatic rings. The molecule has 4 nitrogen and oxygen atoms in total. The van der Waals surface area contributed by atoms with Gasteiger partial charge in [0.25, 0.3) is 0 Å². The number of hydrogen-bond donors (Lipinski definition) is 1. The fraction of sp³-hybridized carbons (Fsp3) is 0.857. The van der Waals surface area contributed by atoms with Crippen LogP contribution in [-0.4, -0.2) is 29.6 Å². The molecule has 0 radical (unpaired) electrons. The first-order valence-electron chi connectivity index (χ1n) is 10.2. The Bertz CT molecular complexity index is 333. The lowest BCUT2D eigenvalue weighted by molar-refractivity contribution is -0.144. The predicted molar refractivity (Wildman–Crippen MR) is 102 cm³/mol. The molecule has 1 unspecified atom stereocenters. The fourth-order valence-electron chi connectivity index (χ4n) is 3.17. The van der Waals surface area contributed by atoms with Crippen LogP contribution in [0.3, 0.4) is 0 Å². The highest BCUT2D eigenvalue weighted by molar-refractivity contribution is 5.91. The van der Waals surface area contributed by atoms with E-state index in [0.29, 0.717) is 12.7 Å². The van der Waals surface area contributed by atoms with E-state index in [1.807, 2.05) is 0 Å². The van der Waals surface area contributed by atoms with Crippen LogP contribution in [0.25, 0.3) is 0 Å². The number of hydrogen-bond acceptors (Lipinski definition) is 4. The summed E-state index contributed by atoms with van der Waals surface area (Å²) < 4.78 is 0. The summed E-state index contributed by atoms with van der Waals surface area (Å²) in [6.45, 7) is 2.25. The van der Waals surface area contributed by atoms with Crippen molar-refractivity contribution in [1.82, 2.24) is 0 Å². The van der Waals surface area contributed by atoms with Gasteiger partial charge in [0.1, 0.15) is 6.29 Å². The second-order valence-corrected chi connectivity index (χ2v) is 7.25. The number of aldehydes is 3. The quantitative estimate of drug-likeness (QED) is 0.205. The third-order valence-electron chi connectivity index (χ3n) is 5.00. The maximum absolute atomic E-state index is 11.0. The molecule has 0 fully saturated rings. The summed E-state index contributed by atoms with van der Waals surface area (Å²) in [6.07, 6.45) is 18.7. The maximum Gasteiger partial charge on any atom is 0.184 e. The number of carbonyl (C=O) groups is 3. The molecule has 146 valence electrons. The molecule has 1 atom stereocenters. The summed E-state index contributed by atoms with van der Waals surface area (Å²) in [6, 6.07) is 0. The lowest BCUT2D eigenvalue weighted by Gasteiger charge is -2.21. The molecule has 0 aromatic carbocycles. The van der Waals surface area contributed by atoms with Crippen LogP contribution in [0.5, 0.6) is 0 Å². The molecule has 4 heteroatoms. The van der Waals surface area contributed by atoms with Crippen LogP contribution in [0.4, 0.5) is 0 Å². The van der Waals surface area contributed by atoms with Gasteiger partial charge in [-0.15, -0.1) is 0 Å². The van der Waals surface area contributed by atoms with Crippen molar-refractivity contribution in [3.8, 4) is 0 Å². The zero-order valence-corrected chi connectivity index (χ0v) is 16.1. The average molecular weight is 355 g/mol. The van der Waals surface area contributed by atoms with Gasteiger partial charge in [0, 0.05) is 0 Å². The summed E-state index contributed by atoms with van der Waals surface area (Å²) in [5.74, 6) is -0.917. The van der Waals surface area contributed by atoms with Crippen molar-refractivity contribution >= 4 is 18.9 Å². The molecule has 0 bridgehead atoms. The Labute approximate surface area is 153 Å². The van der Waals surface area contributed by atoms with Gasteiger partial charge in [-0.1, -0.05) is 96.8 Å². The number of unbranched alkanes of at least 4 members (excludes halogenated alkanes) is 13. The number of rotatable bonds is 19.